The van der Waals surface area contributed by atoms with Crippen LogP contribution in [-0.4, -0.2) is 15.5 Å². The van der Waals surface area contributed by atoms with Crippen LogP contribution in [0.3, 0.4) is 0 Å². The smallest absolute Gasteiger partial charge is 0.262 e. The number of rotatable bonds is 4. The molecule has 0 aliphatic carbocycles. The number of amides is 1. The summed E-state index contributed by atoms with van der Waals surface area (Å²) in [5.41, 5.74) is 2.09. The van der Waals surface area contributed by atoms with Gasteiger partial charge in [0, 0.05) is 18.7 Å². The molecule has 3 aromatic rings. The Balaban J connectivity index is 1.85. The van der Waals surface area contributed by atoms with E-state index in [9.17, 15) is 14.0 Å². The second kappa shape index (κ2) is 7.21. The summed E-state index contributed by atoms with van der Waals surface area (Å²) in [6.45, 7) is 4.28. The molecule has 0 bridgehead atoms. The molecule has 0 aliphatic rings. The van der Waals surface area contributed by atoms with Crippen LogP contribution in [0.5, 0.6) is 0 Å². The van der Waals surface area contributed by atoms with Crippen molar-refractivity contribution in [1.29, 1.82) is 0 Å². The molecule has 2 N–H and O–H groups in total. The maximum absolute atomic E-state index is 13.3. The normalized spacial score (nSPS) is 10.9. The number of aromatic nitrogens is 2. The Kier molecular flexibility index (Phi) is 4.99. The van der Waals surface area contributed by atoms with Gasteiger partial charge in [-0.15, -0.1) is 0 Å². The van der Waals surface area contributed by atoms with Gasteiger partial charge < -0.3 is 10.3 Å². The molecule has 0 aliphatic heterocycles. The number of aryl methyl sites for hydroxylation is 1. The summed E-state index contributed by atoms with van der Waals surface area (Å²) in [5, 5.41) is 3.27. The quantitative estimate of drug-likeness (QED) is 0.690. The van der Waals surface area contributed by atoms with Gasteiger partial charge in [0.15, 0.2) is 4.77 Å². The van der Waals surface area contributed by atoms with Gasteiger partial charge in [0.05, 0.1) is 10.9 Å². The predicted octanol–water partition coefficient (Wildman–Crippen LogP) is 3.46. The van der Waals surface area contributed by atoms with Crippen LogP contribution in [-0.2, 0) is 13.1 Å². The number of carbonyl (C=O) groups is 1. The highest BCUT2D eigenvalue weighted by Crippen LogP contribution is 2.12. The van der Waals surface area contributed by atoms with Crippen molar-refractivity contribution in [2.24, 2.45) is 0 Å². The highest BCUT2D eigenvalue weighted by Gasteiger charge is 2.10. The largest absolute Gasteiger partial charge is 0.348 e. The maximum Gasteiger partial charge on any atom is 0.262 e. The van der Waals surface area contributed by atoms with Crippen LogP contribution in [0.25, 0.3) is 10.9 Å². The third-order valence-corrected chi connectivity index (χ3v) is 4.56. The van der Waals surface area contributed by atoms with E-state index in [1.807, 2.05) is 6.92 Å². The predicted molar refractivity (Wildman–Crippen MR) is 101 cm³/mol. The Labute approximate surface area is 154 Å². The Morgan fingerprint density at radius 2 is 2.04 bits per heavy atom. The Morgan fingerprint density at radius 1 is 1.27 bits per heavy atom. The fourth-order valence-electron chi connectivity index (χ4n) is 2.78. The van der Waals surface area contributed by atoms with Crippen LogP contribution in [0, 0.1) is 17.5 Å². The van der Waals surface area contributed by atoms with Crippen LogP contribution in [0.2, 0.25) is 0 Å². The molecule has 0 radical (unpaired) electrons. The molecular weight excluding hydrogens is 353 g/mol. The van der Waals surface area contributed by atoms with E-state index in [1.165, 1.54) is 10.6 Å². The molecule has 0 fully saturated rings. The summed E-state index contributed by atoms with van der Waals surface area (Å²) in [5.74, 6) is -0.560. The Hall–Kier alpha value is -2.80. The van der Waals surface area contributed by atoms with Crippen molar-refractivity contribution in [2.45, 2.75) is 26.9 Å². The second-order valence-corrected chi connectivity index (χ2v) is 6.39. The van der Waals surface area contributed by atoms with Crippen LogP contribution < -0.4 is 10.9 Å². The van der Waals surface area contributed by atoms with E-state index >= 15 is 0 Å². The molecule has 1 aromatic heterocycles. The summed E-state index contributed by atoms with van der Waals surface area (Å²) >= 11 is 5.19. The number of halogens is 1. The van der Waals surface area contributed by atoms with Gasteiger partial charge in [-0.2, -0.15) is 0 Å². The first-order valence-electron chi connectivity index (χ1n) is 8.21. The molecule has 26 heavy (non-hydrogen) atoms. The number of benzene rings is 2. The van der Waals surface area contributed by atoms with Crippen LogP contribution in [0.15, 0.2) is 41.2 Å². The summed E-state index contributed by atoms with van der Waals surface area (Å²) in [6, 6.07) is 9.54. The molecule has 134 valence electrons. The zero-order valence-electron chi connectivity index (χ0n) is 14.4. The second-order valence-electron chi connectivity index (χ2n) is 6.01. The van der Waals surface area contributed by atoms with Gasteiger partial charge in [0.25, 0.3) is 11.5 Å². The van der Waals surface area contributed by atoms with E-state index < -0.39 is 0 Å². The first-order chi connectivity index (χ1) is 12.4. The van der Waals surface area contributed by atoms with Crippen molar-refractivity contribution in [3.05, 3.63) is 74.0 Å². The minimum Gasteiger partial charge on any atom is -0.348 e. The lowest BCUT2D eigenvalue weighted by Gasteiger charge is -2.09. The average molecular weight is 371 g/mol. The van der Waals surface area contributed by atoms with Crippen molar-refractivity contribution >= 4 is 29.0 Å². The zero-order chi connectivity index (χ0) is 18.8. The Morgan fingerprint density at radius 3 is 2.73 bits per heavy atom. The molecule has 3 rings (SSSR count). The topological polar surface area (TPSA) is 66.9 Å². The van der Waals surface area contributed by atoms with Gasteiger partial charge >= 0.3 is 0 Å². The number of H-pyrrole nitrogens is 1. The van der Waals surface area contributed by atoms with Gasteiger partial charge in [0.1, 0.15) is 5.82 Å². The maximum atomic E-state index is 13.3. The minimum atomic E-state index is -0.284. The number of hydrogen-bond acceptors (Lipinski definition) is 3. The lowest BCUT2D eigenvalue weighted by Crippen LogP contribution is -2.24. The van der Waals surface area contributed by atoms with Gasteiger partial charge in [-0.1, -0.05) is 12.1 Å². The van der Waals surface area contributed by atoms with Crippen molar-refractivity contribution in [2.75, 3.05) is 0 Å². The molecule has 0 saturated heterocycles. The van der Waals surface area contributed by atoms with Gasteiger partial charge in [-0.05, 0) is 61.5 Å². The van der Waals surface area contributed by atoms with Gasteiger partial charge in [0.2, 0.25) is 0 Å². The summed E-state index contributed by atoms with van der Waals surface area (Å²) < 4.78 is 15.1. The number of fused-ring (bicyclic) bond motifs is 1. The molecule has 0 saturated carbocycles. The molecule has 0 atom stereocenters. The van der Waals surface area contributed by atoms with E-state index in [0.29, 0.717) is 33.3 Å². The average Bonchev–Trinajstić information content (AvgIpc) is 2.62. The fraction of sp³-hybridized carbons (Fsp3) is 0.211. The lowest BCUT2D eigenvalue weighted by molar-refractivity contribution is 0.0951. The van der Waals surface area contributed by atoms with Gasteiger partial charge in [-0.3, -0.25) is 14.2 Å². The molecule has 1 amide bonds. The molecule has 1 heterocycles. The summed E-state index contributed by atoms with van der Waals surface area (Å²) in [4.78, 5) is 27.8. The first-order valence-corrected chi connectivity index (χ1v) is 8.61. The highest BCUT2D eigenvalue weighted by atomic mass is 32.1. The zero-order valence-corrected chi connectivity index (χ0v) is 15.2. The van der Waals surface area contributed by atoms with E-state index in [1.54, 1.807) is 37.3 Å². The van der Waals surface area contributed by atoms with E-state index in [0.717, 1.165) is 5.56 Å². The molecule has 2 aromatic carbocycles. The van der Waals surface area contributed by atoms with E-state index in [4.69, 9.17) is 12.2 Å². The number of hydrogen-bond donors (Lipinski definition) is 2. The fourth-order valence-corrected chi connectivity index (χ4v) is 3.11. The number of carbonyl (C=O) groups excluding carboxylic acids is 1. The molecule has 0 spiro atoms. The van der Waals surface area contributed by atoms with Crippen molar-refractivity contribution in [1.82, 2.24) is 14.9 Å². The van der Waals surface area contributed by atoms with Crippen molar-refractivity contribution in [3.8, 4) is 0 Å². The number of nitrogens with one attached hydrogen (secondary N) is 2. The molecule has 5 nitrogen and oxygen atoms in total. The monoisotopic (exact) mass is 371 g/mol. The van der Waals surface area contributed by atoms with Crippen LogP contribution in [0.4, 0.5) is 4.39 Å². The van der Waals surface area contributed by atoms with Crippen LogP contribution in [0.1, 0.15) is 28.4 Å². The Bertz CT molecular complexity index is 1120. The SMILES string of the molecule is CCn1c(=S)[nH]c2cc(C(=O)NCc3ccc(F)c(C)c3)ccc2c1=O. The third kappa shape index (κ3) is 3.43. The molecular formula is C19H18FN3O2S. The first kappa shape index (κ1) is 18.0. The van der Waals surface area contributed by atoms with Gasteiger partial charge in [-0.25, -0.2) is 4.39 Å². The van der Waals surface area contributed by atoms with Crippen LogP contribution >= 0.6 is 12.2 Å². The third-order valence-electron chi connectivity index (χ3n) is 4.24. The lowest BCUT2D eigenvalue weighted by atomic mass is 10.1. The highest BCUT2D eigenvalue weighted by molar-refractivity contribution is 7.71. The summed E-state index contributed by atoms with van der Waals surface area (Å²) in [6.07, 6.45) is 0. The van der Waals surface area contributed by atoms with Crippen molar-refractivity contribution < 1.29 is 9.18 Å². The summed E-state index contributed by atoms with van der Waals surface area (Å²) in [7, 11) is 0. The molecule has 0 unspecified atom stereocenters. The number of nitrogens with zero attached hydrogens (tertiary/aromatic N) is 1. The standard InChI is InChI=1S/C19H18FN3O2S/c1-3-23-18(25)14-6-5-13(9-16(14)22-19(23)26)17(24)21-10-12-4-7-15(20)11(2)8-12/h4-9H,3,10H2,1-2H3,(H,21,24)(H,22,26). The number of aromatic amines is 1. The van der Waals surface area contributed by atoms with Crippen molar-refractivity contribution in [3.63, 3.8) is 0 Å². The van der Waals surface area contributed by atoms with E-state index in [-0.39, 0.29) is 23.8 Å². The van der Waals surface area contributed by atoms with E-state index in [2.05, 4.69) is 10.3 Å². The minimum absolute atomic E-state index is 0.181. The molecule has 7 heteroatoms.